The molecule has 0 aliphatic carbocycles. The van der Waals surface area contributed by atoms with E-state index in [9.17, 15) is 19.7 Å². The van der Waals surface area contributed by atoms with Crippen molar-refractivity contribution < 1.29 is 9.18 Å². The van der Waals surface area contributed by atoms with Gasteiger partial charge in [0.2, 0.25) is 0 Å². The molecule has 3 atom stereocenters. The van der Waals surface area contributed by atoms with E-state index in [4.69, 9.17) is 0 Å². The second-order valence-corrected chi connectivity index (χ2v) is 8.95. The minimum Gasteiger partial charge on any atom is -0.357 e. The lowest BCUT2D eigenvalue weighted by Crippen LogP contribution is -2.43. The summed E-state index contributed by atoms with van der Waals surface area (Å²) in [6, 6.07) is 16.6. The van der Waals surface area contributed by atoms with Crippen LogP contribution in [0.2, 0.25) is 0 Å². The molecule has 0 N–H and O–H groups in total. The van der Waals surface area contributed by atoms with Gasteiger partial charge in [-0.3, -0.25) is 4.79 Å². The zero-order valence-corrected chi connectivity index (χ0v) is 17.1. The fourth-order valence-corrected chi connectivity index (χ4v) is 4.81. The first-order valence-corrected chi connectivity index (χ1v) is 9.92. The molecule has 0 radical (unpaired) electrons. The molecule has 2 heterocycles. The Balaban J connectivity index is 2.05. The van der Waals surface area contributed by atoms with E-state index in [1.807, 2.05) is 51.1 Å². The predicted octanol–water partition coefficient (Wildman–Crippen LogP) is 4.97. The van der Waals surface area contributed by atoms with Crippen LogP contribution in [0.3, 0.4) is 0 Å². The smallest absolute Gasteiger partial charge is 0.177 e. The quantitative estimate of drug-likeness (QED) is 0.715. The van der Waals surface area contributed by atoms with E-state index >= 15 is 0 Å². The number of fused-ring (bicyclic) bond motifs is 3. The Hall–Kier alpha value is -3.44. The van der Waals surface area contributed by atoms with Crippen molar-refractivity contribution in [3.63, 3.8) is 0 Å². The van der Waals surface area contributed by atoms with Gasteiger partial charge in [0.1, 0.15) is 5.82 Å². The molecular weight excluding hydrogens is 377 g/mol. The summed E-state index contributed by atoms with van der Waals surface area (Å²) in [4.78, 5) is 15.4. The molecule has 0 spiro atoms. The van der Waals surface area contributed by atoms with Gasteiger partial charge in [-0.25, -0.2) is 4.39 Å². The van der Waals surface area contributed by atoms with Crippen molar-refractivity contribution in [2.45, 2.75) is 38.8 Å². The van der Waals surface area contributed by atoms with Gasteiger partial charge in [0.15, 0.2) is 11.2 Å². The molecule has 0 saturated carbocycles. The Kier molecular flexibility index (Phi) is 4.51. The number of benzene rings is 2. The SMILES string of the molecule is CC(C)(C)C(=O)[C@H]1[C@H](c2ccccc2F)C(C#N)(C#N)[C@H]2c3ccccc3C=CN12. The fourth-order valence-electron chi connectivity index (χ4n) is 4.81. The number of halogens is 1. The molecule has 1 fully saturated rings. The van der Waals surface area contributed by atoms with E-state index in [0.717, 1.165) is 11.1 Å². The lowest BCUT2D eigenvalue weighted by Gasteiger charge is -2.36. The van der Waals surface area contributed by atoms with Gasteiger partial charge >= 0.3 is 0 Å². The number of ketones is 1. The van der Waals surface area contributed by atoms with Crippen LogP contribution in [0.4, 0.5) is 4.39 Å². The highest BCUT2D eigenvalue weighted by molar-refractivity contribution is 5.91. The zero-order valence-electron chi connectivity index (χ0n) is 17.1. The highest BCUT2D eigenvalue weighted by Crippen LogP contribution is 2.60. The molecule has 0 aromatic heterocycles. The Morgan fingerprint density at radius 2 is 1.63 bits per heavy atom. The minimum absolute atomic E-state index is 0.128. The highest BCUT2D eigenvalue weighted by atomic mass is 19.1. The summed E-state index contributed by atoms with van der Waals surface area (Å²) in [6.07, 6.45) is 3.67. The van der Waals surface area contributed by atoms with Gasteiger partial charge in [0.25, 0.3) is 0 Å². The van der Waals surface area contributed by atoms with Gasteiger partial charge < -0.3 is 4.90 Å². The van der Waals surface area contributed by atoms with Crippen molar-refractivity contribution in [1.82, 2.24) is 4.90 Å². The molecule has 150 valence electrons. The van der Waals surface area contributed by atoms with E-state index in [0.29, 0.717) is 0 Å². The van der Waals surface area contributed by atoms with Crippen molar-refractivity contribution in [2.75, 3.05) is 0 Å². The molecule has 2 aliphatic rings. The van der Waals surface area contributed by atoms with Crippen LogP contribution in [0.15, 0.2) is 54.7 Å². The van der Waals surface area contributed by atoms with E-state index in [2.05, 4.69) is 12.1 Å². The van der Waals surface area contributed by atoms with Crippen molar-refractivity contribution in [1.29, 1.82) is 10.5 Å². The lowest BCUT2D eigenvalue weighted by molar-refractivity contribution is -0.130. The summed E-state index contributed by atoms with van der Waals surface area (Å²) in [5.41, 5.74) is -0.444. The van der Waals surface area contributed by atoms with E-state index in [-0.39, 0.29) is 11.3 Å². The van der Waals surface area contributed by atoms with Crippen molar-refractivity contribution in [3.8, 4) is 12.1 Å². The van der Waals surface area contributed by atoms with Gasteiger partial charge in [-0.1, -0.05) is 63.2 Å². The van der Waals surface area contributed by atoms with Crippen LogP contribution < -0.4 is 0 Å². The first-order chi connectivity index (χ1) is 14.3. The van der Waals surface area contributed by atoms with Crippen LogP contribution in [0, 0.1) is 39.3 Å². The fraction of sp³-hybridized carbons (Fsp3) is 0.320. The average molecular weight is 399 g/mol. The van der Waals surface area contributed by atoms with Gasteiger partial charge in [-0.05, 0) is 28.8 Å². The second-order valence-electron chi connectivity index (χ2n) is 8.95. The third-order valence-electron chi connectivity index (χ3n) is 6.19. The lowest BCUT2D eigenvalue weighted by atomic mass is 9.66. The third-order valence-corrected chi connectivity index (χ3v) is 6.19. The molecule has 0 unspecified atom stereocenters. The average Bonchev–Trinajstić information content (AvgIpc) is 3.03. The number of hydrogen-bond donors (Lipinski definition) is 0. The minimum atomic E-state index is -1.63. The molecule has 4 rings (SSSR count). The summed E-state index contributed by atoms with van der Waals surface area (Å²) in [7, 11) is 0. The Labute approximate surface area is 175 Å². The summed E-state index contributed by atoms with van der Waals surface area (Å²) >= 11 is 0. The molecule has 30 heavy (non-hydrogen) atoms. The summed E-state index contributed by atoms with van der Waals surface area (Å²) in [6.45, 7) is 5.43. The Morgan fingerprint density at radius 1 is 1.03 bits per heavy atom. The number of rotatable bonds is 2. The summed E-state index contributed by atoms with van der Waals surface area (Å²) in [5.74, 6) is -1.57. The summed E-state index contributed by atoms with van der Waals surface area (Å²) in [5, 5.41) is 20.7. The predicted molar refractivity (Wildman–Crippen MR) is 111 cm³/mol. The normalized spacial score (nSPS) is 23.8. The molecule has 4 nitrogen and oxygen atoms in total. The van der Waals surface area contributed by atoms with Crippen LogP contribution >= 0.6 is 0 Å². The topological polar surface area (TPSA) is 67.9 Å². The third kappa shape index (κ3) is 2.66. The van der Waals surface area contributed by atoms with Crippen molar-refractivity contribution in [2.24, 2.45) is 10.8 Å². The first-order valence-electron chi connectivity index (χ1n) is 9.92. The largest absolute Gasteiger partial charge is 0.357 e. The van der Waals surface area contributed by atoms with Crippen LogP contribution in [-0.4, -0.2) is 16.7 Å². The molecule has 5 heteroatoms. The van der Waals surface area contributed by atoms with Crippen LogP contribution in [-0.2, 0) is 4.79 Å². The van der Waals surface area contributed by atoms with E-state index < -0.39 is 34.6 Å². The molecule has 2 aliphatic heterocycles. The van der Waals surface area contributed by atoms with E-state index in [1.165, 1.54) is 6.07 Å². The highest BCUT2D eigenvalue weighted by Gasteiger charge is 2.65. The number of nitriles is 2. The monoisotopic (exact) mass is 399 g/mol. The van der Waals surface area contributed by atoms with Crippen LogP contribution in [0.1, 0.15) is 49.4 Å². The molecular formula is C25H22FN3O. The van der Waals surface area contributed by atoms with Crippen molar-refractivity contribution in [3.05, 3.63) is 77.2 Å². The maximum Gasteiger partial charge on any atom is 0.177 e. The van der Waals surface area contributed by atoms with E-state index in [1.54, 1.807) is 29.3 Å². The number of hydrogen-bond acceptors (Lipinski definition) is 4. The van der Waals surface area contributed by atoms with Crippen molar-refractivity contribution >= 4 is 11.9 Å². The van der Waals surface area contributed by atoms with Gasteiger partial charge in [0.05, 0.1) is 24.2 Å². The van der Waals surface area contributed by atoms with Crippen LogP contribution in [0.25, 0.3) is 6.08 Å². The van der Waals surface area contributed by atoms with Gasteiger partial charge in [0, 0.05) is 17.5 Å². The Morgan fingerprint density at radius 3 is 2.23 bits per heavy atom. The maximum absolute atomic E-state index is 15.0. The number of carbonyl (C=O) groups excluding carboxylic acids is 1. The first kappa shape index (κ1) is 19.9. The number of nitrogens with zero attached hydrogens (tertiary/aromatic N) is 3. The zero-order chi connectivity index (χ0) is 21.7. The van der Waals surface area contributed by atoms with Gasteiger partial charge in [-0.2, -0.15) is 10.5 Å². The summed E-state index contributed by atoms with van der Waals surface area (Å²) < 4.78 is 15.0. The molecule has 2 aromatic carbocycles. The maximum atomic E-state index is 15.0. The molecule has 0 amide bonds. The second kappa shape index (κ2) is 6.82. The number of Topliss-reactive ketones (excluding diaryl/α,β-unsaturated/α-hetero) is 1. The molecule has 0 bridgehead atoms. The standard InChI is InChI=1S/C25H22FN3O/c1-24(2,3)23(30)21-20(18-10-6-7-11-19(18)26)25(14-27,15-28)22-17-9-5-4-8-16(17)12-13-29(21)22/h4-13,20-22H,1-3H3/t20-,21+,22+/m0/s1. The van der Waals surface area contributed by atoms with Gasteiger partial charge in [-0.15, -0.1) is 0 Å². The number of carbonyl (C=O) groups is 1. The Bertz CT molecular complexity index is 1120. The molecule has 1 saturated heterocycles. The van der Waals surface area contributed by atoms with Crippen LogP contribution in [0.5, 0.6) is 0 Å². The molecule has 2 aromatic rings.